The van der Waals surface area contributed by atoms with Gasteiger partial charge in [0.1, 0.15) is 5.76 Å². The van der Waals surface area contributed by atoms with Crippen LogP contribution >= 0.6 is 0 Å². The van der Waals surface area contributed by atoms with E-state index in [-0.39, 0.29) is 12.1 Å². The number of urea groups is 1. The Morgan fingerprint density at radius 3 is 2.77 bits per heavy atom. The van der Waals surface area contributed by atoms with Crippen LogP contribution < -0.4 is 10.6 Å². The van der Waals surface area contributed by atoms with Crippen molar-refractivity contribution in [2.45, 2.75) is 51.7 Å². The molecule has 5 heteroatoms. The molecule has 0 radical (unpaired) electrons. The Balaban J connectivity index is 1.45. The quantitative estimate of drug-likeness (QED) is 0.801. The number of carbonyl (C=O) groups is 1. The SMILES string of the molecule is CCC(CNC(=O)NC(C)Cc1ccco1)N1CCc2ccccc2C1. The molecule has 0 saturated heterocycles. The molecule has 2 atom stereocenters. The Bertz CT molecular complexity index is 699. The van der Waals surface area contributed by atoms with E-state index in [0.29, 0.717) is 19.0 Å². The zero-order chi connectivity index (χ0) is 18.4. The van der Waals surface area contributed by atoms with Crippen LogP contribution in [0.5, 0.6) is 0 Å². The molecular formula is C21H29N3O2. The van der Waals surface area contributed by atoms with Crippen molar-refractivity contribution in [3.05, 3.63) is 59.5 Å². The number of amides is 2. The maximum absolute atomic E-state index is 12.2. The highest BCUT2D eigenvalue weighted by Crippen LogP contribution is 2.21. The van der Waals surface area contributed by atoms with Gasteiger partial charge in [-0.3, -0.25) is 4.90 Å². The number of fused-ring (bicyclic) bond motifs is 1. The minimum Gasteiger partial charge on any atom is -0.469 e. The highest BCUT2D eigenvalue weighted by atomic mass is 16.3. The first kappa shape index (κ1) is 18.5. The number of nitrogens with one attached hydrogen (secondary N) is 2. The van der Waals surface area contributed by atoms with E-state index >= 15 is 0 Å². The Morgan fingerprint density at radius 2 is 2.04 bits per heavy atom. The second-order valence-corrected chi connectivity index (χ2v) is 7.09. The molecule has 0 aliphatic carbocycles. The summed E-state index contributed by atoms with van der Waals surface area (Å²) >= 11 is 0. The zero-order valence-corrected chi connectivity index (χ0v) is 15.7. The van der Waals surface area contributed by atoms with Crippen molar-refractivity contribution in [1.82, 2.24) is 15.5 Å². The number of hydrogen-bond acceptors (Lipinski definition) is 3. The van der Waals surface area contributed by atoms with Crippen LogP contribution in [0.2, 0.25) is 0 Å². The van der Waals surface area contributed by atoms with Crippen molar-refractivity contribution in [2.24, 2.45) is 0 Å². The van der Waals surface area contributed by atoms with Gasteiger partial charge >= 0.3 is 6.03 Å². The molecule has 0 bridgehead atoms. The van der Waals surface area contributed by atoms with Crippen LogP contribution in [0.4, 0.5) is 4.79 Å². The van der Waals surface area contributed by atoms with Crippen LogP contribution in [0.15, 0.2) is 47.1 Å². The minimum absolute atomic E-state index is 0.0306. The molecule has 26 heavy (non-hydrogen) atoms. The van der Waals surface area contributed by atoms with Gasteiger partial charge in [-0.2, -0.15) is 0 Å². The number of rotatable bonds is 7. The Hall–Kier alpha value is -2.27. The van der Waals surface area contributed by atoms with E-state index in [0.717, 1.165) is 31.7 Å². The summed E-state index contributed by atoms with van der Waals surface area (Å²) in [6.07, 6.45) is 4.45. The van der Waals surface area contributed by atoms with Crippen molar-refractivity contribution in [3.8, 4) is 0 Å². The predicted octanol–water partition coefficient (Wildman–Crippen LogP) is 3.35. The summed E-state index contributed by atoms with van der Waals surface area (Å²) in [7, 11) is 0. The van der Waals surface area contributed by atoms with E-state index in [1.165, 1.54) is 11.1 Å². The van der Waals surface area contributed by atoms with E-state index in [9.17, 15) is 4.79 Å². The lowest BCUT2D eigenvalue weighted by Gasteiger charge is -2.35. The number of carbonyl (C=O) groups excluding carboxylic acids is 1. The number of benzene rings is 1. The summed E-state index contributed by atoms with van der Waals surface area (Å²) in [5.74, 6) is 0.885. The van der Waals surface area contributed by atoms with Gasteiger partial charge in [0.05, 0.1) is 6.26 Å². The molecule has 0 saturated carbocycles. The second kappa shape index (κ2) is 8.90. The second-order valence-electron chi connectivity index (χ2n) is 7.09. The van der Waals surface area contributed by atoms with Crippen LogP contribution in [0.1, 0.15) is 37.2 Å². The molecule has 0 fully saturated rings. The maximum atomic E-state index is 12.2. The average Bonchev–Trinajstić information content (AvgIpc) is 3.15. The molecule has 2 aromatic rings. The Labute approximate surface area is 155 Å². The lowest BCUT2D eigenvalue weighted by Crippen LogP contribution is -2.49. The smallest absolute Gasteiger partial charge is 0.315 e. The van der Waals surface area contributed by atoms with Gasteiger partial charge in [0.15, 0.2) is 0 Å². The monoisotopic (exact) mass is 355 g/mol. The standard InChI is InChI=1S/C21H29N3O2/c1-3-19(24-11-10-17-7-4-5-8-18(17)15-24)14-22-21(25)23-16(2)13-20-9-6-12-26-20/h4-9,12,16,19H,3,10-11,13-15H2,1-2H3,(H2,22,23,25). The van der Waals surface area contributed by atoms with Gasteiger partial charge < -0.3 is 15.1 Å². The van der Waals surface area contributed by atoms with Gasteiger partial charge in [0.25, 0.3) is 0 Å². The molecule has 2 unspecified atom stereocenters. The molecule has 2 amide bonds. The molecule has 1 aromatic carbocycles. The Kier molecular flexibility index (Phi) is 6.34. The van der Waals surface area contributed by atoms with Gasteiger partial charge in [0, 0.05) is 38.1 Å². The van der Waals surface area contributed by atoms with Crippen LogP contribution in [0.25, 0.3) is 0 Å². The molecule has 2 heterocycles. The van der Waals surface area contributed by atoms with Gasteiger partial charge in [-0.05, 0) is 43.0 Å². The molecule has 1 aliphatic heterocycles. The predicted molar refractivity (Wildman–Crippen MR) is 103 cm³/mol. The van der Waals surface area contributed by atoms with Crippen molar-refractivity contribution < 1.29 is 9.21 Å². The van der Waals surface area contributed by atoms with Gasteiger partial charge in [-0.1, -0.05) is 31.2 Å². The van der Waals surface area contributed by atoms with E-state index in [1.807, 2.05) is 19.1 Å². The van der Waals surface area contributed by atoms with E-state index in [4.69, 9.17) is 4.42 Å². The third kappa shape index (κ3) is 4.88. The molecule has 2 N–H and O–H groups in total. The molecular weight excluding hydrogens is 326 g/mol. The first-order chi connectivity index (χ1) is 12.7. The number of hydrogen-bond donors (Lipinski definition) is 2. The third-order valence-corrected chi connectivity index (χ3v) is 5.11. The lowest BCUT2D eigenvalue weighted by molar-refractivity contribution is 0.169. The summed E-state index contributed by atoms with van der Waals surface area (Å²) in [5.41, 5.74) is 2.87. The number of nitrogens with zero attached hydrogens (tertiary/aromatic N) is 1. The molecule has 3 rings (SSSR count). The Morgan fingerprint density at radius 1 is 1.23 bits per heavy atom. The van der Waals surface area contributed by atoms with Gasteiger partial charge in [0.2, 0.25) is 0 Å². The normalized spacial score (nSPS) is 16.5. The summed E-state index contributed by atoms with van der Waals surface area (Å²) in [6.45, 7) is 6.85. The minimum atomic E-state index is -0.111. The van der Waals surface area contributed by atoms with Crippen LogP contribution in [-0.4, -0.2) is 36.1 Å². The van der Waals surface area contributed by atoms with E-state index in [1.54, 1.807) is 6.26 Å². The fraction of sp³-hybridized carbons (Fsp3) is 0.476. The van der Waals surface area contributed by atoms with Gasteiger partial charge in [-0.15, -0.1) is 0 Å². The largest absolute Gasteiger partial charge is 0.469 e. The maximum Gasteiger partial charge on any atom is 0.315 e. The van der Waals surface area contributed by atoms with Crippen molar-refractivity contribution in [2.75, 3.05) is 13.1 Å². The fourth-order valence-corrected chi connectivity index (χ4v) is 3.63. The fourth-order valence-electron chi connectivity index (χ4n) is 3.63. The molecule has 1 aromatic heterocycles. The van der Waals surface area contributed by atoms with Crippen molar-refractivity contribution in [3.63, 3.8) is 0 Å². The van der Waals surface area contributed by atoms with Crippen molar-refractivity contribution in [1.29, 1.82) is 0 Å². The lowest BCUT2D eigenvalue weighted by atomic mass is 9.98. The first-order valence-corrected chi connectivity index (χ1v) is 9.53. The molecule has 140 valence electrons. The summed E-state index contributed by atoms with van der Waals surface area (Å²) in [5, 5.41) is 6.03. The van der Waals surface area contributed by atoms with Crippen LogP contribution in [0, 0.1) is 0 Å². The molecule has 1 aliphatic rings. The van der Waals surface area contributed by atoms with E-state index < -0.39 is 0 Å². The van der Waals surface area contributed by atoms with Gasteiger partial charge in [-0.25, -0.2) is 4.79 Å². The van der Waals surface area contributed by atoms with E-state index in [2.05, 4.69) is 46.7 Å². The summed E-state index contributed by atoms with van der Waals surface area (Å²) in [6, 6.07) is 12.7. The summed E-state index contributed by atoms with van der Waals surface area (Å²) in [4.78, 5) is 14.7. The van der Waals surface area contributed by atoms with Crippen LogP contribution in [-0.2, 0) is 19.4 Å². The zero-order valence-electron chi connectivity index (χ0n) is 15.7. The van der Waals surface area contributed by atoms with Crippen molar-refractivity contribution >= 4 is 6.03 Å². The highest BCUT2D eigenvalue weighted by Gasteiger charge is 2.22. The first-order valence-electron chi connectivity index (χ1n) is 9.53. The number of furan rings is 1. The average molecular weight is 355 g/mol. The topological polar surface area (TPSA) is 57.5 Å². The summed E-state index contributed by atoms with van der Waals surface area (Å²) < 4.78 is 5.33. The highest BCUT2D eigenvalue weighted by molar-refractivity contribution is 5.74. The molecule has 0 spiro atoms. The van der Waals surface area contributed by atoms with Crippen LogP contribution in [0.3, 0.4) is 0 Å². The molecule has 5 nitrogen and oxygen atoms in total. The third-order valence-electron chi connectivity index (χ3n) is 5.11.